The molecule has 1 aromatic rings. The summed E-state index contributed by atoms with van der Waals surface area (Å²) in [5.41, 5.74) is 5.85. The van der Waals surface area contributed by atoms with E-state index in [4.69, 9.17) is 10.5 Å². The Bertz CT molecular complexity index is 487. The summed E-state index contributed by atoms with van der Waals surface area (Å²) >= 11 is 0. The molecule has 1 aliphatic rings. The smallest absolute Gasteiger partial charge is 0.407 e. The van der Waals surface area contributed by atoms with E-state index >= 15 is 0 Å². The number of hydrogen-bond acceptors (Lipinski definition) is 5. The number of ether oxygens (including phenoxy) is 1. The number of nitrogen functional groups attached to an aromatic ring is 1. The zero-order chi connectivity index (χ0) is 14.5. The summed E-state index contributed by atoms with van der Waals surface area (Å²) in [4.78, 5) is 25.3. The Balaban J connectivity index is 1.93. The summed E-state index contributed by atoms with van der Waals surface area (Å²) in [6, 6.07) is 1.41. The third-order valence-electron chi connectivity index (χ3n) is 3.13. The molecule has 2 rings (SSSR count). The molecule has 8 heteroatoms. The maximum Gasteiger partial charge on any atom is 0.407 e. The number of nitrogens with one attached hydrogen (secondary N) is 2. The zero-order valence-corrected chi connectivity index (χ0v) is 11.4. The van der Waals surface area contributed by atoms with Crippen molar-refractivity contribution >= 4 is 17.8 Å². The number of carbonyl (C=O) groups excluding carboxylic acids is 2. The molecule has 0 saturated carbocycles. The molecule has 1 fully saturated rings. The van der Waals surface area contributed by atoms with Crippen molar-refractivity contribution in [3.8, 4) is 0 Å². The van der Waals surface area contributed by atoms with E-state index in [1.54, 1.807) is 11.8 Å². The largest absolute Gasteiger partial charge is 0.450 e. The third kappa shape index (κ3) is 3.40. The van der Waals surface area contributed by atoms with Crippen LogP contribution in [0.25, 0.3) is 0 Å². The van der Waals surface area contributed by atoms with Gasteiger partial charge in [-0.25, -0.2) is 4.79 Å². The van der Waals surface area contributed by atoms with E-state index in [-0.39, 0.29) is 17.8 Å². The number of alkyl carbamates (subject to hydrolysis) is 1. The molecular weight excluding hydrogens is 262 g/mol. The van der Waals surface area contributed by atoms with Crippen molar-refractivity contribution in [3.63, 3.8) is 0 Å². The molecule has 1 saturated heterocycles. The predicted molar refractivity (Wildman–Crippen MR) is 72.1 cm³/mol. The van der Waals surface area contributed by atoms with Crippen LogP contribution in [0.4, 0.5) is 10.6 Å². The lowest BCUT2D eigenvalue weighted by Crippen LogP contribution is -2.49. The summed E-state index contributed by atoms with van der Waals surface area (Å²) in [7, 11) is 0. The van der Waals surface area contributed by atoms with E-state index in [1.807, 2.05) is 0 Å². The van der Waals surface area contributed by atoms with E-state index in [0.29, 0.717) is 25.4 Å². The van der Waals surface area contributed by atoms with Crippen LogP contribution in [0, 0.1) is 0 Å². The normalized spacial score (nSPS) is 18.6. The third-order valence-corrected chi connectivity index (χ3v) is 3.13. The van der Waals surface area contributed by atoms with Crippen molar-refractivity contribution in [2.75, 3.05) is 25.4 Å². The highest BCUT2D eigenvalue weighted by Crippen LogP contribution is 2.14. The van der Waals surface area contributed by atoms with Gasteiger partial charge in [0.05, 0.1) is 6.61 Å². The molecule has 0 radical (unpaired) electrons. The molecular formula is C12H19N5O3. The minimum absolute atomic E-state index is 0.0907. The van der Waals surface area contributed by atoms with Crippen LogP contribution in [-0.2, 0) is 4.74 Å². The van der Waals surface area contributed by atoms with E-state index in [0.717, 1.165) is 12.8 Å². The van der Waals surface area contributed by atoms with Crippen LogP contribution in [0.15, 0.2) is 6.07 Å². The van der Waals surface area contributed by atoms with E-state index in [1.165, 1.54) is 6.07 Å². The number of aromatic amines is 1. The van der Waals surface area contributed by atoms with Gasteiger partial charge in [0.2, 0.25) is 0 Å². The second-order valence-electron chi connectivity index (χ2n) is 4.66. The molecule has 0 spiro atoms. The van der Waals surface area contributed by atoms with Crippen LogP contribution in [0.5, 0.6) is 0 Å². The van der Waals surface area contributed by atoms with Gasteiger partial charge >= 0.3 is 6.09 Å². The van der Waals surface area contributed by atoms with Crippen molar-refractivity contribution in [3.05, 3.63) is 11.8 Å². The Labute approximate surface area is 116 Å². The van der Waals surface area contributed by atoms with Gasteiger partial charge in [0, 0.05) is 25.2 Å². The lowest BCUT2D eigenvalue weighted by atomic mass is 10.1. The first-order chi connectivity index (χ1) is 9.60. The molecule has 4 N–H and O–H groups in total. The minimum Gasteiger partial charge on any atom is -0.450 e. The Morgan fingerprint density at radius 3 is 3.10 bits per heavy atom. The van der Waals surface area contributed by atoms with Gasteiger partial charge in [-0.15, -0.1) is 0 Å². The summed E-state index contributed by atoms with van der Waals surface area (Å²) in [5.74, 6) is 0.121. The number of likely N-dealkylation sites (tertiary alicyclic amines) is 1. The molecule has 1 atom stereocenters. The minimum atomic E-state index is -0.447. The van der Waals surface area contributed by atoms with Crippen molar-refractivity contribution in [1.82, 2.24) is 20.4 Å². The second kappa shape index (κ2) is 6.27. The Morgan fingerprint density at radius 2 is 2.45 bits per heavy atom. The van der Waals surface area contributed by atoms with Crippen molar-refractivity contribution < 1.29 is 14.3 Å². The fraction of sp³-hybridized carbons (Fsp3) is 0.583. The molecule has 110 valence electrons. The first-order valence-corrected chi connectivity index (χ1v) is 6.63. The molecule has 0 aliphatic carbocycles. The highest BCUT2D eigenvalue weighted by Gasteiger charge is 2.26. The fourth-order valence-electron chi connectivity index (χ4n) is 2.24. The summed E-state index contributed by atoms with van der Waals surface area (Å²) in [5, 5.41) is 9.10. The number of rotatable bonds is 3. The first-order valence-electron chi connectivity index (χ1n) is 6.63. The number of piperidine rings is 1. The molecule has 1 aromatic heterocycles. The number of nitrogens with zero attached hydrogens (tertiary/aromatic N) is 2. The van der Waals surface area contributed by atoms with Gasteiger partial charge in [0.15, 0.2) is 0 Å². The summed E-state index contributed by atoms with van der Waals surface area (Å²) in [6.45, 7) is 3.18. The van der Waals surface area contributed by atoms with Gasteiger partial charge in [-0.2, -0.15) is 5.10 Å². The van der Waals surface area contributed by atoms with Crippen LogP contribution in [0.3, 0.4) is 0 Å². The lowest BCUT2D eigenvalue weighted by Gasteiger charge is -2.32. The monoisotopic (exact) mass is 281 g/mol. The number of hydrogen-bond donors (Lipinski definition) is 3. The number of aromatic nitrogens is 2. The average Bonchev–Trinajstić information content (AvgIpc) is 2.85. The van der Waals surface area contributed by atoms with Crippen molar-refractivity contribution in [2.45, 2.75) is 25.8 Å². The molecule has 0 aromatic carbocycles. The lowest BCUT2D eigenvalue weighted by molar-refractivity contribution is 0.0680. The highest BCUT2D eigenvalue weighted by molar-refractivity contribution is 5.93. The maximum absolute atomic E-state index is 12.2. The van der Waals surface area contributed by atoms with Gasteiger partial charge in [0.25, 0.3) is 5.91 Å². The molecule has 0 bridgehead atoms. The number of H-pyrrole nitrogens is 1. The number of anilines is 1. The molecule has 2 amide bonds. The standard InChI is InChI=1S/C12H19N5O3/c1-2-20-12(19)14-8-4-3-5-17(7-8)11(18)9-6-10(13)16-15-9/h6,8H,2-5,7H2,1H3,(H,14,19)(H3,13,15,16). The summed E-state index contributed by atoms with van der Waals surface area (Å²) < 4.78 is 4.84. The average molecular weight is 281 g/mol. The van der Waals surface area contributed by atoms with Gasteiger partial charge in [-0.3, -0.25) is 9.89 Å². The van der Waals surface area contributed by atoms with Crippen LogP contribution in [0.2, 0.25) is 0 Å². The van der Waals surface area contributed by atoms with Crippen LogP contribution in [-0.4, -0.2) is 52.8 Å². The Morgan fingerprint density at radius 1 is 1.65 bits per heavy atom. The zero-order valence-electron chi connectivity index (χ0n) is 11.4. The number of carbonyl (C=O) groups is 2. The van der Waals surface area contributed by atoms with E-state index in [9.17, 15) is 9.59 Å². The van der Waals surface area contributed by atoms with Crippen molar-refractivity contribution in [1.29, 1.82) is 0 Å². The van der Waals surface area contributed by atoms with Crippen molar-refractivity contribution in [2.24, 2.45) is 0 Å². The fourth-order valence-corrected chi connectivity index (χ4v) is 2.24. The van der Waals surface area contributed by atoms with Crippen LogP contribution < -0.4 is 11.1 Å². The van der Waals surface area contributed by atoms with Crippen LogP contribution >= 0.6 is 0 Å². The van der Waals surface area contributed by atoms with Gasteiger partial charge in [-0.05, 0) is 19.8 Å². The Hall–Kier alpha value is -2.25. The number of nitrogens with two attached hydrogens (primary N) is 1. The van der Waals surface area contributed by atoms with Crippen LogP contribution in [0.1, 0.15) is 30.3 Å². The summed E-state index contributed by atoms with van der Waals surface area (Å²) in [6.07, 6.45) is 1.21. The second-order valence-corrected chi connectivity index (χ2v) is 4.66. The highest BCUT2D eigenvalue weighted by atomic mass is 16.5. The van der Waals surface area contributed by atoms with Gasteiger partial charge < -0.3 is 20.7 Å². The SMILES string of the molecule is CCOC(=O)NC1CCCN(C(=O)c2cc(N)n[nH]2)C1. The first kappa shape index (κ1) is 14.2. The van der Waals surface area contributed by atoms with E-state index < -0.39 is 6.09 Å². The molecule has 20 heavy (non-hydrogen) atoms. The van der Waals surface area contributed by atoms with E-state index in [2.05, 4.69) is 15.5 Å². The topological polar surface area (TPSA) is 113 Å². The Kier molecular flexibility index (Phi) is 4.44. The molecule has 1 aliphatic heterocycles. The predicted octanol–water partition coefficient (Wildman–Crippen LogP) is 0.343. The molecule has 2 heterocycles. The maximum atomic E-state index is 12.2. The molecule has 1 unspecified atom stereocenters. The van der Waals surface area contributed by atoms with Gasteiger partial charge in [-0.1, -0.05) is 0 Å². The number of amides is 2. The molecule has 8 nitrogen and oxygen atoms in total. The van der Waals surface area contributed by atoms with Gasteiger partial charge in [0.1, 0.15) is 11.5 Å². The quantitative estimate of drug-likeness (QED) is 0.739.